The molecule has 7 heteroatoms. The maximum absolute atomic E-state index is 11.5. The summed E-state index contributed by atoms with van der Waals surface area (Å²) < 4.78 is 17.6. The summed E-state index contributed by atoms with van der Waals surface area (Å²) in [5.74, 6) is -0.153. The second-order valence-electron chi connectivity index (χ2n) is 6.87. The van der Waals surface area contributed by atoms with Crippen LogP contribution in [0.5, 0.6) is 0 Å². The van der Waals surface area contributed by atoms with E-state index in [1.165, 1.54) is 0 Å². The number of carbonyl (C=O) groups excluding carboxylic acids is 1. The normalized spacial score (nSPS) is 13.5. The third-order valence-corrected chi connectivity index (χ3v) is 11.6. The van der Waals surface area contributed by atoms with E-state index in [1.54, 1.807) is 0 Å². The van der Waals surface area contributed by atoms with Gasteiger partial charge in [-0.25, -0.2) is 0 Å². The first-order valence-corrected chi connectivity index (χ1v) is 16.3. The molecule has 19 heavy (non-hydrogen) atoms. The van der Waals surface area contributed by atoms with Crippen molar-refractivity contribution in [3.63, 3.8) is 0 Å². The van der Waals surface area contributed by atoms with Gasteiger partial charge in [-0.05, 0) is 58.8 Å². The molecule has 0 radical (unpaired) electrons. The van der Waals surface area contributed by atoms with Crippen LogP contribution in [0.25, 0.3) is 0 Å². The van der Waals surface area contributed by atoms with E-state index in [2.05, 4.69) is 45.8 Å². The van der Waals surface area contributed by atoms with Gasteiger partial charge in [0.05, 0.1) is 6.61 Å². The number of rotatable bonds is 8. The Kier molecular flexibility index (Phi) is 7.18. The van der Waals surface area contributed by atoms with Crippen LogP contribution >= 0.6 is 0 Å². The summed E-state index contributed by atoms with van der Waals surface area (Å²) in [5, 5.41) is 0. The average Bonchev–Trinajstić information content (AvgIpc) is 2.09. The zero-order valence-electron chi connectivity index (χ0n) is 13.8. The van der Waals surface area contributed by atoms with Gasteiger partial charge in [-0.1, -0.05) is 0 Å². The third kappa shape index (κ3) is 10.5. The Morgan fingerprint density at radius 1 is 0.895 bits per heavy atom. The Morgan fingerprint density at radius 2 is 1.32 bits per heavy atom. The van der Waals surface area contributed by atoms with E-state index in [4.69, 9.17) is 13.0 Å². The van der Waals surface area contributed by atoms with Crippen molar-refractivity contribution in [1.82, 2.24) is 0 Å². The standard InChI is InChI=1S/C12H30O4Si3/c1-9-14-12(13)10-11-19(8,15-17(2,3)4)16-18(5,6)7/h9-11H2,1-8H3. The number of ether oxygens (including phenoxy) is 1. The molecule has 0 aromatic carbocycles. The van der Waals surface area contributed by atoms with Crippen LogP contribution in [0.3, 0.4) is 0 Å². The van der Waals surface area contributed by atoms with E-state index in [-0.39, 0.29) is 5.97 Å². The van der Waals surface area contributed by atoms with Gasteiger partial charge < -0.3 is 13.0 Å². The van der Waals surface area contributed by atoms with Gasteiger partial charge >= 0.3 is 14.5 Å². The first-order chi connectivity index (χ1) is 8.37. The highest BCUT2D eigenvalue weighted by atomic mass is 28.5. The summed E-state index contributed by atoms with van der Waals surface area (Å²) in [4.78, 5) is 11.5. The van der Waals surface area contributed by atoms with Gasteiger partial charge in [0.15, 0.2) is 16.6 Å². The van der Waals surface area contributed by atoms with E-state index >= 15 is 0 Å². The maximum atomic E-state index is 11.5. The van der Waals surface area contributed by atoms with Crippen molar-refractivity contribution in [1.29, 1.82) is 0 Å². The largest absolute Gasteiger partial charge is 0.466 e. The minimum absolute atomic E-state index is 0.153. The fourth-order valence-corrected chi connectivity index (χ4v) is 14.4. The number of hydrogen-bond donors (Lipinski definition) is 0. The van der Waals surface area contributed by atoms with Crippen molar-refractivity contribution in [3.8, 4) is 0 Å². The van der Waals surface area contributed by atoms with Crippen molar-refractivity contribution < 1.29 is 17.8 Å². The monoisotopic (exact) mass is 322 g/mol. The third-order valence-electron chi connectivity index (χ3n) is 2.13. The van der Waals surface area contributed by atoms with E-state index in [0.717, 1.165) is 0 Å². The minimum Gasteiger partial charge on any atom is -0.466 e. The maximum Gasteiger partial charge on any atom is 0.314 e. The van der Waals surface area contributed by atoms with Crippen LogP contribution in [0.1, 0.15) is 13.3 Å². The number of carbonyl (C=O) groups is 1. The molecule has 0 heterocycles. The number of hydrogen-bond acceptors (Lipinski definition) is 4. The van der Waals surface area contributed by atoms with Crippen LogP contribution in [0.15, 0.2) is 0 Å². The molecule has 0 N–H and O–H groups in total. The fraction of sp³-hybridized carbons (Fsp3) is 0.917. The lowest BCUT2D eigenvalue weighted by Crippen LogP contribution is -2.52. The summed E-state index contributed by atoms with van der Waals surface area (Å²) in [5.41, 5.74) is 0. The molecule has 4 nitrogen and oxygen atoms in total. The molecule has 0 aliphatic heterocycles. The molecule has 0 rings (SSSR count). The highest BCUT2D eigenvalue weighted by molar-refractivity contribution is 6.87. The molecule has 0 aromatic rings. The predicted octanol–water partition coefficient (Wildman–Crippen LogP) is 3.71. The molecular weight excluding hydrogens is 292 g/mol. The smallest absolute Gasteiger partial charge is 0.314 e. The predicted molar refractivity (Wildman–Crippen MR) is 86.5 cm³/mol. The summed E-state index contributed by atoms with van der Waals surface area (Å²) in [7, 11) is -5.64. The topological polar surface area (TPSA) is 44.8 Å². The summed E-state index contributed by atoms with van der Waals surface area (Å²) >= 11 is 0. The Morgan fingerprint density at radius 3 is 1.63 bits per heavy atom. The second kappa shape index (κ2) is 7.16. The molecule has 0 saturated carbocycles. The molecule has 0 spiro atoms. The molecule has 0 fully saturated rings. The van der Waals surface area contributed by atoms with Crippen LogP contribution in [0.2, 0.25) is 51.9 Å². The molecule has 114 valence electrons. The molecule has 0 saturated heterocycles. The Balaban J connectivity index is 4.71. The first kappa shape index (κ1) is 19.0. The second-order valence-corrected chi connectivity index (χ2v) is 19.7. The van der Waals surface area contributed by atoms with E-state index < -0.39 is 25.2 Å². The summed E-state index contributed by atoms with van der Waals surface area (Å²) in [6.45, 7) is 17.3. The van der Waals surface area contributed by atoms with Crippen LogP contribution in [0, 0.1) is 0 Å². The van der Waals surface area contributed by atoms with E-state index in [1.807, 2.05) is 6.92 Å². The van der Waals surface area contributed by atoms with E-state index in [9.17, 15) is 4.79 Å². The highest BCUT2D eigenvalue weighted by Gasteiger charge is 2.40. The molecule has 0 aliphatic carbocycles. The Bertz CT molecular complexity index is 278. The first-order valence-electron chi connectivity index (χ1n) is 6.93. The lowest BCUT2D eigenvalue weighted by Gasteiger charge is -2.38. The van der Waals surface area contributed by atoms with Crippen LogP contribution in [0.4, 0.5) is 0 Å². The van der Waals surface area contributed by atoms with E-state index in [0.29, 0.717) is 19.1 Å². The van der Waals surface area contributed by atoms with Crippen molar-refractivity contribution >= 4 is 31.2 Å². The van der Waals surface area contributed by atoms with Gasteiger partial charge in [0, 0.05) is 6.42 Å². The molecule has 0 bridgehead atoms. The quantitative estimate of drug-likeness (QED) is 0.505. The van der Waals surface area contributed by atoms with Gasteiger partial charge in [-0.15, -0.1) is 0 Å². The molecule has 0 amide bonds. The Labute approximate surface area is 121 Å². The van der Waals surface area contributed by atoms with Gasteiger partial charge in [0.2, 0.25) is 0 Å². The van der Waals surface area contributed by atoms with Gasteiger partial charge in [-0.2, -0.15) is 0 Å². The molecular formula is C12H30O4Si3. The van der Waals surface area contributed by atoms with Crippen LogP contribution in [-0.4, -0.2) is 37.8 Å². The van der Waals surface area contributed by atoms with Crippen LogP contribution in [-0.2, 0) is 17.8 Å². The summed E-state index contributed by atoms with van der Waals surface area (Å²) in [6, 6.07) is 0.681. The number of esters is 1. The fourth-order valence-electron chi connectivity index (χ4n) is 1.98. The molecule has 0 atom stereocenters. The summed E-state index contributed by atoms with van der Waals surface area (Å²) in [6.07, 6.45) is 0.394. The van der Waals surface area contributed by atoms with Crippen LogP contribution < -0.4 is 0 Å². The van der Waals surface area contributed by atoms with Crippen molar-refractivity contribution in [2.24, 2.45) is 0 Å². The Hall–Kier alpha value is 0.0406. The zero-order valence-corrected chi connectivity index (χ0v) is 16.8. The van der Waals surface area contributed by atoms with Gasteiger partial charge in [0.1, 0.15) is 0 Å². The lowest BCUT2D eigenvalue weighted by molar-refractivity contribution is -0.142. The lowest BCUT2D eigenvalue weighted by atomic mass is 10.5. The SMILES string of the molecule is CCOC(=O)CC[Si](C)(O[Si](C)(C)C)O[Si](C)(C)C. The van der Waals surface area contributed by atoms with Gasteiger partial charge in [0.25, 0.3) is 0 Å². The average molecular weight is 323 g/mol. The minimum atomic E-state index is -2.29. The van der Waals surface area contributed by atoms with Gasteiger partial charge in [-0.3, -0.25) is 4.79 Å². The molecule has 0 aromatic heterocycles. The van der Waals surface area contributed by atoms with Crippen molar-refractivity contribution in [3.05, 3.63) is 0 Å². The highest BCUT2D eigenvalue weighted by Crippen LogP contribution is 2.25. The van der Waals surface area contributed by atoms with Crippen molar-refractivity contribution in [2.45, 2.75) is 65.2 Å². The molecule has 0 aliphatic rings. The zero-order chi connectivity index (χ0) is 15.3. The van der Waals surface area contributed by atoms with Crippen molar-refractivity contribution in [2.75, 3.05) is 6.61 Å². The molecule has 0 unspecified atom stereocenters.